The molecule has 0 heterocycles. The van der Waals surface area contributed by atoms with Crippen molar-refractivity contribution in [3.05, 3.63) is 74.2 Å². The van der Waals surface area contributed by atoms with Crippen LogP contribution in [0.15, 0.2) is 53.0 Å². The van der Waals surface area contributed by atoms with Crippen molar-refractivity contribution in [3.8, 4) is 0 Å². The van der Waals surface area contributed by atoms with Crippen molar-refractivity contribution in [2.45, 2.75) is 6.61 Å². The van der Waals surface area contributed by atoms with Gasteiger partial charge >= 0.3 is 5.97 Å². The number of halogens is 1. The van der Waals surface area contributed by atoms with E-state index >= 15 is 0 Å². The van der Waals surface area contributed by atoms with Gasteiger partial charge in [-0.15, -0.1) is 0 Å². The van der Waals surface area contributed by atoms with Crippen LogP contribution in [0, 0.1) is 10.1 Å². The molecule has 0 saturated heterocycles. The first-order chi connectivity index (χ1) is 9.58. The first-order valence-electron chi connectivity index (χ1n) is 5.73. The molecule has 6 heteroatoms. The predicted molar refractivity (Wildman–Crippen MR) is 76.4 cm³/mol. The highest BCUT2D eigenvalue weighted by Crippen LogP contribution is 2.26. The van der Waals surface area contributed by atoms with Crippen molar-refractivity contribution < 1.29 is 14.5 Å². The highest BCUT2D eigenvalue weighted by atomic mass is 79.9. The SMILES string of the molecule is O=C(OCc1ccccc1)c1ccc(Br)c([N+](=O)[O-])c1. The minimum Gasteiger partial charge on any atom is -0.457 e. The fourth-order valence-electron chi connectivity index (χ4n) is 1.59. The average Bonchev–Trinajstić information content (AvgIpc) is 2.46. The number of esters is 1. The third-order valence-corrected chi connectivity index (χ3v) is 3.26. The lowest BCUT2D eigenvalue weighted by molar-refractivity contribution is -0.385. The molecule has 102 valence electrons. The Hall–Kier alpha value is -2.21. The Morgan fingerprint density at radius 2 is 1.90 bits per heavy atom. The van der Waals surface area contributed by atoms with E-state index < -0.39 is 10.9 Å². The fourth-order valence-corrected chi connectivity index (χ4v) is 1.98. The van der Waals surface area contributed by atoms with Gasteiger partial charge in [-0.2, -0.15) is 0 Å². The average molecular weight is 336 g/mol. The van der Waals surface area contributed by atoms with Gasteiger partial charge in [0.25, 0.3) is 5.69 Å². The number of carbonyl (C=O) groups is 1. The van der Waals surface area contributed by atoms with Crippen LogP contribution in [0.25, 0.3) is 0 Å². The van der Waals surface area contributed by atoms with E-state index in [4.69, 9.17) is 4.74 Å². The number of carbonyl (C=O) groups excluding carboxylic acids is 1. The summed E-state index contributed by atoms with van der Waals surface area (Å²) in [5.74, 6) is -0.593. The van der Waals surface area contributed by atoms with Crippen molar-refractivity contribution in [2.24, 2.45) is 0 Å². The van der Waals surface area contributed by atoms with E-state index in [1.807, 2.05) is 30.3 Å². The van der Waals surface area contributed by atoms with Crippen LogP contribution in [0.5, 0.6) is 0 Å². The van der Waals surface area contributed by atoms with Crippen molar-refractivity contribution in [3.63, 3.8) is 0 Å². The van der Waals surface area contributed by atoms with Gasteiger partial charge in [0.05, 0.1) is 15.0 Å². The molecular formula is C14H10BrNO4. The second kappa shape index (κ2) is 6.29. The van der Waals surface area contributed by atoms with E-state index in [9.17, 15) is 14.9 Å². The van der Waals surface area contributed by atoms with Gasteiger partial charge in [0.15, 0.2) is 0 Å². The summed E-state index contributed by atoms with van der Waals surface area (Å²) in [7, 11) is 0. The number of hydrogen-bond acceptors (Lipinski definition) is 4. The Morgan fingerprint density at radius 1 is 1.20 bits per heavy atom. The van der Waals surface area contributed by atoms with E-state index in [1.165, 1.54) is 18.2 Å². The minimum atomic E-state index is -0.593. The molecule has 0 amide bonds. The van der Waals surface area contributed by atoms with Gasteiger partial charge < -0.3 is 4.74 Å². The normalized spacial score (nSPS) is 10.1. The van der Waals surface area contributed by atoms with Gasteiger partial charge in [-0.3, -0.25) is 10.1 Å². The zero-order chi connectivity index (χ0) is 14.5. The summed E-state index contributed by atoms with van der Waals surface area (Å²) in [5, 5.41) is 10.8. The highest BCUT2D eigenvalue weighted by Gasteiger charge is 2.16. The summed E-state index contributed by atoms with van der Waals surface area (Å²) in [6.45, 7) is 0.129. The van der Waals surface area contributed by atoms with Gasteiger partial charge in [-0.1, -0.05) is 30.3 Å². The molecule has 0 fully saturated rings. The van der Waals surface area contributed by atoms with Crippen molar-refractivity contribution in [2.75, 3.05) is 0 Å². The molecule has 0 aromatic heterocycles. The molecule has 2 aromatic rings. The molecule has 0 radical (unpaired) electrons. The fraction of sp³-hybridized carbons (Fsp3) is 0.0714. The molecule has 0 atom stereocenters. The maximum atomic E-state index is 11.8. The molecule has 2 rings (SSSR count). The van der Waals surface area contributed by atoms with Gasteiger partial charge in [-0.05, 0) is 33.6 Å². The molecule has 20 heavy (non-hydrogen) atoms. The number of ether oxygens (including phenoxy) is 1. The molecule has 0 aliphatic heterocycles. The second-order valence-electron chi connectivity index (χ2n) is 3.99. The molecule has 2 aromatic carbocycles. The number of nitro groups is 1. The molecule has 0 aliphatic rings. The smallest absolute Gasteiger partial charge is 0.338 e. The molecule has 0 aliphatic carbocycles. The number of nitrogens with zero attached hydrogens (tertiary/aromatic N) is 1. The Balaban J connectivity index is 2.10. The van der Waals surface area contributed by atoms with Crippen LogP contribution in [0.2, 0.25) is 0 Å². The maximum absolute atomic E-state index is 11.8. The lowest BCUT2D eigenvalue weighted by Crippen LogP contribution is -2.06. The van der Waals surface area contributed by atoms with Crippen molar-refractivity contribution >= 4 is 27.6 Å². The standard InChI is InChI=1S/C14H10BrNO4/c15-12-7-6-11(8-13(12)16(18)19)14(17)20-9-10-4-2-1-3-5-10/h1-8H,9H2. The van der Waals surface area contributed by atoms with Gasteiger partial charge in [0.1, 0.15) is 6.61 Å². The topological polar surface area (TPSA) is 69.4 Å². The molecule has 0 unspecified atom stereocenters. The third kappa shape index (κ3) is 3.42. The molecule has 0 N–H and O–H groups in total. The summed E-state index contributed by atoms with van der Waals surface area (Å²) in [5.41, 5.74) is 0.836. The highest BCUT2D eigenvalue weighted by molar-refractivity contribution is 9.10. The summed E-state index contributed by atoms with van der Waals surface area (Å²) in [6.07, 6.45) is 0. The quantitative estimate of drug-likeness (QED) is 0.485. The van der Waals surface area contributed by atoms with Crippen LogP contribution in [0.3, 0.4) is 0 Å². The van der Waals surface area contributed by atoms with Gasteiger partial charge in [0.2, 0.25) is 0 Å². The first-order valence-corrected chi connectivity index (χ1v) is 6.52. The molecular weight excluding hydrogens is 326 g/mol. The van der Waals surface area contributed by atoms with E-state index in [2.05, 4.69) is 15.9 Å². The van der Waals surface area contributed by atoms with Crippen LogP contribution in [0.4, 0.5) is 5.69 Å². The zero-order valence-corrected chi connectivity index (χ0v) is 11.9. The van der Waals surface area contributed by atoms with Gasteiger partial charge in [-0.25, -0.2) is 4.79 Å². The first kappa shape index (κ1) is 14.2. The summed E-state index contributed by atoms with van der Waals surface area (Å²) in [4.78, 5) is 22.1. The Kier molecular flexibility index (Phi) is 4.47. The van der Waals surface area contributed by atoms with E-state index in [0.29, 0.717) is 4.47 Å². The van der Waals surface area contributed by atoms with E-state index in [0.717, 1.165) is 5.56 Å². The molecule has 0 spiro atoms. The Labute approximate surface area is 123 Å². The number of benzene rings is 2. The van der Waals surface area contributed by atoms with Gasteiger partial charge in [0, 0.05) is 6.07 Å². The predicted octanol–water partition coefficient (Wildman–Crippen LogP) is 3.71. The monoisotopic (exact) mass is 335 g/mol. The number of nitro benzene ring substituents is 1. The summed E-state index contributed by atoms with van der Waals surface area (Å²) >= 11 is 3.06. The number of hydrogen-bond donors (Lipinski definition) is 0. The number of rotatable bonds is 4. The molecule has 5 nitrogen and oxygen atoms in total. The second-order valence-corrected chi connectivity index (χ2v) is 4.84. The Bertz CT molecular complexity index is 643. The largest absolute Gasteiger partial charge is 0.457 e. The van der Waals surface area contributed by atoms with Crippen LogP contribution >= 0.6 is 15.9 Å². The maximum Gasteiger partial charge on any atom is 0.338 e. The van der Waals surface area contributed by atoms with E-state index in [-0.39, 0.29) is 17.9 Å². The van der Waals surface area contributed by atoms with Crippen LogP contribution in [-0.2, 0) is 11.3 Å². The summed E-state index contributed by atoms with van der Waals surface area (Å²) in [6, 6.07) is 13.3. The summed E-state index contributed by atoms with van der Waals surface area (Å²) < 4.78 is 5.43. The van der Waals surface area contributed by atoms with Crippen molar-refractivity contribution in [1.29, 1.82) is 0 Å². The van der Waals surface area contributed by atoms with Crippen molar-refractivity contribution in [1.82, 2.24) is 0 Å². The zero-order valence-electron chi connectivity index (χ0n) is 10.3. The lowest BCUT2D eigenvalue weighted by atomic mass is 10.2. The van der Waals surface area contributed by atoms with E-state index in [1.54, 1.807) is 0 Å². The van der Waals surface area contributed by atoms with Crippen LogP contribution < -0.4 is 0 Å². The van der Waals surface area contributed by atoms with Crippen LogP contribution in [-0.4, -0.2) is 10.9 Å². The molecule has 0 saturated carbocycles. The minimum absolute atomic E-state index is 0.129. The molecule has 0 bridgehead atoms. The van der Waals surface area contributed by atoms with Crippen LogP contribution in [0.1, 0.15) is 15.9 Å². The Morgan fingerprint density at radius 3 is 2.55 bits per heavy atom. The third-order valence-electron chi connectivity index (χ3n) is 2.59. The lowest BCUT2D eigenvalue weighted by Gasteiger charge is -2.05.